The average molecular weight is 1800 g/mol. The van der Waals surface area contributed by atoms with E-state index in [1.165, 1.54) is 41.3 Å². The number of methoxy groups -OCH3 is 2. The van der Waals surface area contributed by atoms with E-state index in [1.54, 1.807) is 107 Å². The highest BCUT2D eigenvalue weighted by atomic mass is 16.7. The first-order valence-electron chi connectivity index (χ1n) is 45.8. The number of hydrogen-bond donors (Lipinski definition) is 14. The van der Waals surface area contributed by atoms with E-state index in [2.05, 4.69) is 34.7 Å². The van der Waals surface area contributed by atoms with Gasteiger partial charge in [0.15, 0.2) is 24.0 Å². The second-order valence-corrected chi connectivity index (χ2v) is 38.6. The number of fused-ring (bicyclic) bond motifs is 1. The van der Waals surface area contributed by atoms with Gasteiger partial charge in [-0.25, -0.2) is 0 Å². The van der Waals surface area contributed by atoms with E-state index in [0.717, 1.165) is 32.5 Å². The van der Waals surface area contributed by atoms with Crippen LogP contribution in [0.5, 0.6) is 17.2 Å². The molecule has 29 atom stereocenters. The number of ether oxygens (including phenoxy) is 10. The lowest BCUT2D eigenvalue weighted by molar-refractivity contribution is -0.318. The van der Waals surface area contributed by atoms with Crippen LogP contribution in [0.3, 0.4) is 0 Å². The largest absolute Gasteiger partial charge is 0.507 e. The molecule has 33 heteroatoms. The zero-order valence-electron chi connectivity index (χ0n) is 80.6. The van der Waals surface area contributed by atoms with Crippen LogP contribution >= 0.6 is 0 Å². The van der Waals surface area contributed by atoms with Crippen molar-refractivity contribution in [2.24, 2.45) is 57.3 Å². The smallest absolute Gasteiger partial charge is 0.312 e. The lowest BCUT2D eigenvalue weighted by atomic mass is 9.77. The molecule has 0 radical (unpaired) electrons. The third-order valence-electron chi connectivity index (χ3n) is 27.5. The average Bonchev–Trinajstić information content (AvgIpc) is 1.54. The summed E-state index contributed by atoms with van der Waals surface area (Å²) in [7, 11) is 8.59. The van der Waals surface area contributed by atoms with Crippen LogP contribution in [0.15, 0.2) is 46.1 Å². The highest BCUT2D eigenvalue weighted by molar-refractivity contribution is 6.19. The monoisotopic (exact) mass is 1800 g/mol. The Bertz CT molecular complexity index is 4160. The maximum absolute atomic E-state index is 14.7. The number of carbonyl (C=O) groups excluding carboxylic acids is 4. The molecule has 2 unspecified atom stereocenters. The number of Topliss-reactive ketones (excluding diaryl/α,β-unsaturated/α-hetero) is 1. The molecular weight excluding hydrogens is 1640 g/mol. The number of esters is 2. The number of nitrogens with zero attached hydrogens (tertiary/aromatic N) is 5. The van der Waals surface area contributed by atoms with Gasteiger partial charge in [-0.1, -0.05) is 94.4 Å². The topological polar surface area (TPSA) is 454 Å². The summed E-state index contributed by atoms with van der Waals surface area (Å²) in [6.07, 6.45) is -1.28. The molecule has 1 spiro atoms. The predicted molar refractivity (Wildman–Crippen MR) is 480 cm³/mol. The maximum atomic E-state index is 14.7. The number of likely N-dealkylation sites (tertiary alicyclic amines) is 1. The van der Waals surface area contributed by atoms with Crippen molar-refractivity contribution in [3.63, 3.8) is 0 Å². The number of ketones is 1. The molecule has 4 saturated heterocycles. The van der Waals surface area contributed by atoms with Crippen LogP contribution in [0.1, 0.15) is 213 Å². The Morgan fingerprint density at radius 3 is 1.91 bits per heavy atom. The summed E-state index contributed by atoms with van der Waals surface area (Å²) in [5.74, 6) is -9.03. The molecule has 127 heavy (non-hydrogen) atoms. The summed E-state index contributed by atoms with van der Waals surface area (Å²) in [6.45, 7) is 43.7. The lowest BCUT2D eigenvalue weighted by Crippen LogP contribution is -2.60. The molecule has 724 valence electrons. The van der Waals surface area contributed by atoms with Gasteiger partial charge in [-0.2, -0.15) is 0 Å². The van der Waals surface area contributed by atoms with Gasteiger partial charge in [0, 0.05) is 157 Å². The second-order valence-electron chi connectivity index (χ2n) is 38.6. The molecule has 2 aromatic carbocycles. The number of likely N-dealkylation sites (N-methyl/N-ethyl adjacent to an activating group) is 2. The molecule has 0 aromatic heterocycles. The van der Waals surface area contributed by atoms with Gasteiger partial charge in [0.05, 0.1) is 95.6 Å². The maximum Gasteiger partial charge on any atom is 0.312 e. The molecule has 0 aliphatic carbocycles. The molecule has 4 fully saturated rings. The number of anilines is 1. The quantitative estimate of drug-likeness (QED) is 0.0389. The number of aromatic hydroxyl groups is 2. The van der Waals surface area contributed by atoms with Crippen molar-refractivity contribution in [1.29, 1.82) is 0 Å². The molecule has 14 N–H and O–H groups in total. The fourth-order valence-electron chi connectivity index (χ4n) is 19.2. The first-order chi connectivity index (χ1) is 59.3. The number of aliphatic hydroxyl groups excluding tert-OH is 7. The molecule has 0 saturated carbocycles. The zero-order chi connectivity index (χ0) is 95.4. The van der Waals surface area contributed by atoms with E-state index in [4.69, 9.17) is 67.6 Å². The van der Waals surface area contributed by atoms with Crippen molar-refractivity contribution >= 4 is 40.1 Å². The molecule has 33 nitrogen and oxygen atoms in total. The fraction of sp³-hybridized carbons (Fsp3) is 0.787. The van der Waals surface area contributed by atoms with Crippen LogP contribution in [0.4, 0.5) is 5.69 Å². The number of allylic oxidation sites excluding steroid dienone is 2. The van der Waals surface area contributed by atoms with Crippen molar-refractivity contribution < 1.29 is 123 Å². The van der Waals surface area contributed by atoms with Gasteiger partial charge in [-0.15, -0.1) is 0 Å². The van der Waals surface area contributed by atoms with Crippen LogP contribution in [-0.2, 0) is 57.0 Å². The molecular formula is C94H158N8O25. The van der Waals surface area contributed by atoms with Gasteiger partial charge in [-0.3, -0.25) is 29.2 Å². The van der Waals surface area contributed by atoms with E-state index >= 15 is 0 Å². The van der Waals surface area contributed by atoms with E-state index in [0.29, 0.717) is 44.8 Å². The minimum absolute atomic E-state index is 0.0364. The normalized spacial score (nSPS) is 37.7. The Morgan fingerprint density at radius 2 is 1.36 bits per heavy atom. The number of carbonyl (C=O) groups is 4. The highest BCUT2D eigenvalue weighted by Crippen LogP contribution is 2.51. The van der Waals surface area contributed by atoms with Crippen molar-refractivity contribution in [1.82, 2.24) is 25.3 Å². The first kappa shape index (κ1) is 108. The number of benzene rings is 2. The van der Waals surface area contributed by atoms with Crippen molar-refractivity contribution in [3.8, 4) is 17.2 Å². The molecule has 9 rings (SSSR count). The van der Waals surface area contributed by atoms with Crippen LogP contribution in [0, 0.1) is 54.3 Å². The number of aliphatic hydroxyl groups is 9. The van der Waals surface area contributed by atoms with E-state index < -0.39 is 179 Å². The minimum Gasteiger partial charge on any atom is -0.507 e. The van der Waals surface area contributed by atoms with Crippen molar-refractivity contribution in [2.75, 3.05) is 93.2 Å². The predicted octanol–water partition coefficient (Wildman–Crippen LogP) is 6.36. The number of nitrogens with one attached hydrogen (secondary N) is 3. The van der Waals surface area contributed by atoms with Crippen LogP contribution in [0.2, 0.25) is 0 Å². The molecule has 4 bridgehead atoms. The SMILES string of the molecule is CCC(CO)NCCNC(CC)CO.CC[C@H]1OC(=O)[C@H](C)[C@@H](O[C@H]2C[C@@](C)(OC)[C@@H](O)[C@H](C)O2)[C@H](C)[C@@H](O[C@@H]2O[C@H](C)C[C@H](N(C)C)[C@H]2O)[C@](C)(O)C[C@@H](C)CN(C)[C@H](C)[C@@H](O)[C@]1(C)O.CO[C@H]1/C=C/O[C@@]2(C)Oc3c(C)c(O)c4c(O)c(c5c(c4c3C2=O)=NC2(CCN(CC(C)C)CC2)N=5)NC(=O)/C(C)=C\C=C\[C@H](C)[C@H](O)[C@@H](C)[C@@H](O)[C@@H](C)[C@H](OC(C)=O)[C@@H]1C. The standard InChI is InChI=1S/C46H62N4O11.C38H72N2O12.C10H24N2O2/c1-22(2)21-50-18-16-46(17-19-50)48-34-31-32-39(54)28(8)42-33(31)43(56)45(10,61-42)59-20-15-30(58-11)25(5)41(60-29(9)51)27(7)38(53)26(6)37(52)23(3)13-12-14-24(4)44(57)47-36(40(32)55)35(34)49-46;1-15-27-38(10,46)31(42)24(6)40(13)19-20(2)17-36(8,45)33(52-35-29(41)26(39(11)12)16-21(3)48-35)22(4)30(23(5)34(44)50-27)51-28-18-37(9,47-14)32(43)25(7)49-28;1-3-9(7-13)11-5-6-12-10(4-2)8-14/h12-15,20,22-23,25-27,30,37-38,41,52-55H,16-19,21H2,1-11H3,(H,47,57);20-33,35,41-43,45-46H,15-19H2,1-14H3;9-14H,3-8H2,1-2H3/b13-12+,20-15+,24-14-;;/t23-,25+,26+,27+,30-,37-,38+,41+,45-;20-,21-,22+,23-,24-,25+,26+,27-,28+,29-,30+,31-,32+,33-,35+,36-,37-,38-;/m01./s1. The van der Waals surface area contributed by atoms with E-state index in [1.807, 2.05) is 65.6 Å². The van der Waals surface area contributed by atoms with Gasteiger partial charge in [0.2, 0.25) is 0 Å². The fourth-order valence-corrected chi connectivity index (χ4v) is 19.2. The van der Waals surface area contributed by atoms with Crippen molar-refractivity contribution in [3.05, 3.63) is 58.0 Å². The zero-order valence-corrected chi connectivity index (χ0v) is 80.6. The molecule has 7 aliphatic heterocycles. The van der Waals surface area contributed by atoms with Gasteiger partial charge in [-0.05, 0) is 133 Å². The third-order valence-corrected chi connectivity index (χ3v) is 27.5. The Morgan fingerprint density at radius 1 is 0.756 bits per heavy atom. The summed E-state index contributed by atoms with van der Waals surface area (Å²) in [4.78, 5) is 71.7. The van der Waals surface area contributed by atoms with E-state index in [9.17, 15) is 65.1 Å². The number of phenols is 2. The molecule has 7 heterocycles. The second kappa shape index (κ2) is 46.1. The number of hydrogen-bond acceptors (Lipinski definition) is 32. The Hall–Kier alpha value is -6.00. The van der Waals surface area contributed by atoms with Gasteiger partial charge >= 0.3 is 17.7 Å². The summed E-state index contributed by atoms with van der Waals surface area (Å²) in [6, 6.07) is -0.408. The molecule has 1 amide bonds. The molecule has 7 aliphatic rings. The highest BCUT2D eigenvalue weighted by Gasteiger charge is 2.55. The Balaban J connectivity index is 0.000000305. The summed E-state index contributed by atoms with van der Waals surface area (Å²) in [5.41, 5.74) is -4.95. The van der Waals surface area contributed by atoms with Gasteiger partial charge in [0.25, 0.3) is 11.7 Å². The summed E-state index contributed by atoms with van der Waals surface area (Å²) < 4.78 is 61.5. The number of phenolic OH excluding ortho intramolecular Hbond substituents is 2. The summed E-state index contributed by atoms with van der Waals surface area (Å²) in [5, 5.41) is 133. The first-order valence-corrected chi connectivity index (χ1v) is 45.8. The van der Waals surface area contributed by atoms with Crippen LogP contribution in [-0.4, -0.2) is 321 Å². The van der Waals surface area contributed by atoms with Gasteiger partial charge in [0.1, 0.15) is 58.7 Å². The van der Waals surface area contributed by atoms with Gasteiger partial charge < -0.3 is 134 Å². The Labute approximate surface area is 752 Å². The number of rotatable bonds is 20. The van der Waals surface area contributed by atoms with Crippen LogP contribution in [0.25, 0.3) is 10.8 Å². The van der Waals surface area contributed by atoms with E-state index in [-0.39, 0.29) is 118 Å². The number of amides is 1. The Kier molecular flexibility index (Phi) is 39.2. The third kappa shape index (κ3) is 25.5. The molecule has 2 aromatic rings. The lowest BCUT2D eigenvalue weighted by Gasteiger charge is -2.48. The number of piperidine rings is 1. The minimum atomic E-state index is -1.96. The van der Waals surface area contributed by atoms with Crippen LogP contribution < -0.4 is 31.4 Å². The number of cyclic esters (lactones) is 1. The summed E-state index contributed by atoms with van der Waals surface area (Å²) >= 11 is 0. The van der Waals surface area contributed by atoms with Crippen molar-refractivity contribution in [2.45, 2.75) is 342 Å².